The lowest BCUT2D eigenvalue weighted by atomic mass is 10.0. The molecule has 0 aromatic carbocycles. The van der Waals surface area contributed by atoms with Crippen molar-refractivity contribution in [2.24, 2.45) is 0 Å². The highest BCUT2D eigenvalue weighted by Gasteiger charge is 2.16. The fourth-order valence-corrected chi connectivity index (χ4v) is 6.05. The van der Waals surface area contributed by atoms with E-state index in [1.165, 1.54) is 160 Å². The zero-order valence-electron chi connectivity index (χ0n) is 39.3. The van der Waals surface area contributed by atoms with E-state index >= 15 is 0 Å². The summed E-state index contributed by atoms with van der Waals surface area (Å²) in [6, 6.07) is 0. The number of hydrogen-bond donors (Lipinski definition) is 0. The molecule has 0 atom stereocenters. The van der Waals surface area contributed by atoms with Gasteiger partial charge in [-0.15, -0.1) is 0 Å². The first kappa shape index (κ1) is 60.1. The largest absolute Gasteiger partial charge is 0.463 e. The van der Waals surface area contributed by atoms with E-state index in [0.717, 1.165) is 38.6 Å². The minimum absolute atomic E-state index is 0.208. The van der Waals surface area contributed by atoms with Crippen LogP contribution in [0.3, 0.4) is 0 Å². The minimum atomic E-state index is -0.330. The van der Waals surface area contributed by atoms with Crippen molar-refractivity contribution in [1.82, 2.24) is 4.90 Å². The lowest BCUT2D eigenvalue weighted by Crippen LogP contribution is -2.16. The Morgan fingerprint density at radius 1 is 0.508 bits per heavy atom. The fourth-order valence-electron chi connectivity index (χ4n) is 6.05. The van der Waals surface area contributed by atoms with Crippen LogP contribution in [0, 0.1) is 0 Å². The van der Waals surface area contributed by atoms with Crippen LogP contribution in [-0.2, 0) is 33.4 Å². The topological polar surface area (TPSA) is 99.2 Å². The number of esters is 3. The molecule has 1 fully saturated rings. The van der Waals surface area contributed by atoms with Crippen LogP contribution in [0.5, 0.6) is 0 Å². The predicted molar refractivity (Wildman–Crippen MR) is 250 cm³/mol. The summed E-state index contributed by atoms with van der Waals surface area (Å²) >= 11 is 0. The maximum Gasteiger partial charge on any atom is 0.333 e. The van der Waals surface area contributed by atoms with Gasteiger partial charge < -0.3 is 19.1 Å². The number of rotatable bonds is 35. The molecule has 0 bridgehead atoms. The lowest BCUT2D eigenvalue weighted by Gasteiger charge is -2.05. The molecule has 8 nitrogen and oxygen atoms in total. The van der Waals surface area contributed by atoms with E-state index in [4.69, 9.17) is 9.47 Å². The van der Waals surface area contributed by atoms with Crippen molar-refractivity contribution in [3.63, 3.8) is 0 Å². The molecule has 0 aliphatic carbocycles. The third kappa shape index (κ3) is 49.1. The van der Waals surface area contributed by atoms with Crippen molar-refractivity contribution >= 4 is 23.8 Å². The SMILES string of the molecule is C=C(C)C(=O)OCCCCCCCCCCCC.C=C(C)C(=O)OCCCCCCCCCCCCCCCCCC.C=CC(=O)OCCCC.C=CN1CCCC1=O. The molecule has 59 heavy (non-hydrogen) atoms. The smallest absolute Gasteiger partial charge is 0.333 e. The number of amides is 1. The van der Waals surface area contributed by atoms with Crippen molar-refractivity contribution in [2.75, 3.05) is 26.4 Å². The second-order valence-corrected chi connectivity index (χ2v) is 15.9. The van der Waals surface area contributed by atoms with Crippen molar-refractivity contribution in [2.45, 2.75) is 227 Å². The van der Waals surface area contributed by atoms with E-state index in [0.29, 0.717) is 37.4 Å². The molecule has 1 heterocycles. The Bertz CT molecular complexity index is 1050. The molecule has 1 aliphatic rings. The van der Waals surface area contributed by atoms with Crippen LogP contribution in [0.15, 0.2) is 49.7 Å². The minimum Gasteiger partial charge on any atom is -0.463 e. The first-order valence-corrected chi connectivity index (χ1v) is 23.9. The molecule has 1 amide bonds. The van der Waals surface area contributed by atoms with Gasteiger partial charge in [0, 0.05) is 30.2 Å². The van der Waals surface area contributed by atoms with Crippen molar-refractivity contribution in [1.29, 1.82) is 0 Å². The molecule has 0 aromatic heterocycles. The highest BCUT2D eigenvalue weighted by Crippen LogP contribution is 2.14. The van der Waals surface area contributed by atoms with Gasteiger partial charge in [-0.2, -0.15) is 0 Å². The molecule has 0 N–H and O–H groups in total. The number of likely N-dealkylation sites (tertiary alicyclic amines) is 1. The van der Waals surface area contributed by atoms with Gasteiger partial charge in [-0.3, -0.25) is 4.79 Å². The van der Waals surface area contributed by atoms with Crippen LogP contribution in [0.1, 0.15) is 227 Å². The summed E-state index contributed by atoms with van der Waals surface area (Å²) in [5.74, 6) is -0.634. The molecule has 1 aliphatic heterocycles. The second kappa shape index (κ2) is 49.2. The summed E-state index contributed by atoms with van der Waals surface area (Å²) in [5, 5.41) is 0. The van der Waals surface area contributed by atoms with Crippen LogP contribution in [0.4, 0.5) is 0 Å². The van der Waals surface area contributed by atoms with Gasteiger partial charge in [0.2, 0.25) is 5.91 Å². The molecule has 344 valence electrons. The van der Waals surface area contributed by atoms with E-state index in [1.807, 2.05) is 6.92 Å². The first-order valence-electron chi connectivity index (χ1n) is 23.9. The zero-order valence-corrected chi connectivity index (χ0v) is 39.3. The summed E-state index contributed by atoms with van der Waals surface area (Å²) in [5.41, 5.74) is 0.980. The Balaban J connectivity index is -0.000000778. The Hall–Kier alpha value is -3.16. The van der Waals surface area contributed by atoms with Gasteiger partial charge >= 0.3 is 17.9 Å². The van der Waals surface area contributed by atoms with Gasteiger partial charge in [-0.25, -0.2) is 14.4 Å². The average Bonchev–Trinajstić information content (AvgIpc) is 3.66. The summed E-state index contributed by atoms with van der Waals surface area (Å²) < 4.78 is 14.8. The van der Waals surface area contributed by atoms with Crippen LogP contribution in [-0.4, -0.2) is 55.1 Å². The van der Waals surface area contributed by atoms with Gasteiger partial charge in [0.1, 0.15) is 0 Å². The number of carbonyl (C=O) groups is 4. The summed E-state index contributed by atoms with van der Waals surface area (Å²) in [6.07, 6.45) is 41.1. The van der Waals surface area contributed by atoms with Gasteiger partial charge in [-0.1, -0.05) is 208 Å². The van der Waals surface area contributed by atoms with Gasteiger partial charge in [0.15, 0.2) is 0 Å². The van der Waals surface area contributed by atoms with Crippen LogP contribution < -0.4 is 0 Å². The molecule has 1 rings (SSSR count). The highest BCUT2D eigenvalue weighted by molar-refractivity contribution is 5.87. The standard InChI is InChI=1S/C22H42O2.C16H30O2.C7H12O2.C6H9NO/c1-4-5-6-7-8-9-10-11-12-13-14-15-16-17-18-19-20-24-22(23)21(2)3;1-4-5-6-7-8-9-10-11-12-13-14-18-16(17)15(2)3;1-3-5-6-9-7(8)4-2;1-2-7-5-3-4-6(7)8/h2,4-20H2,1,3H3;2,4-14H2,1,3H3;4H,2-3,5-6H2,1H3;2H,1,3-5H2. The quantitative estimate of drug-likeness (QED) is 0.0271. The molecule has 0 aromatic rings. The monoisotopic (exact) mass is 832 g/mol. The van der Waals surface area contributed by atoms with Gasteiger partial charge in [0.05, 0.1) is 19.8 Å². The molecule has 8 heteroatoms. The summed E-state index contributed by atoms with van der Waals surface area (Å²) in [4.78, 5) is 44.9. The Morgan fingerprint density at radius 3 is 1.05 bits per heavy atom. The molecule has 0 unspecified atom stereocenters. The fraction of sp³-hybridized carbons (Fsp3) is 0.765. The average molecular weight is 832 g/mol. The van der Waals surface area contributed by atoms with Crippen LogP contribution >= 0.6 is 0 Å². The first-order chi connectivity index (χ1) is 28.5. The maximum absolute atomic E-state index is 11.2. The Labute approximate surface area is 364 Å². The van der Waals surface area contributed by atoms with E-state index in [2.05, 4.69) is 44.9 Å². The maximum atomic E-state index is 11.2. The van der Waals surface area contributed by atoms with E-state index < -0.39 is 0 Å². The Morgan fingerprint density at radius 2 is 0.814 bits per heavy atom. The Kier molecular flexibility index (Phi) is 50.2. The molecule has 0 radical (unpaired) electrons. The lowest BCUT2D eigenvalue weighted by molar-refractivity contribution is -0.139. The van der Waals surface area contributed by atoms with Crippen LogP contribution in [0.2, 0.25) is 0 Å². The van der Waals surface area contributed by atoms with E-state index in [-0.39, 0.29) is 23.8 Å². The third-order valence-corrected chi connectivity index (χ3v) is 9.90. The number of nitrogens with zero attached hydrogens (tertiary/aromatic N) is 1. The van der Waals surface area contributed by atoms with Crippen molar-refractivity contribution in [3.05, 3.63) is 49.7 Å². The summed E-state index contributed by atoms with van der Waals surface area (Å²) in [6.45, 7) is 26.3. The zero-order chi connectivity index (χ0) is 44.6. The van der Waals surface area contributed by atoms with Crippen molar-refractivity contribution < 1.29 is 33.4 Å². The van der Waals surface area contributed by atoms with Crippen LogP contribution in [0.25, 0.3) is 0 Å². The predicted octanol–water partition coefficient (Wildman–Crippen LogP) is 14.7. The summed E-state index contributed by atoms with van der Waals surface area (Å²) in [7, 11) is 0. The molecule has 0 spiro atoms. The second-order valence-electron chi connectivity index (χ2n) is 15.9. The molecular formula is C51H93NO7. The van der Waals surface area contributed by atoms with E-state index in [9.17, 15) is 19.2 Å². The molecule has 0 saturated carbocycles. The third-order valence-electron chi connectivity index (χ3n) is 9.90. The van der Waals surface area contributed by atoms with E-state index in [1.54, 1.807) is 24.9 Å². The van der Waals surface area contributed by atoms with Gasteiger partial charge in [-0.05, 0) is 45.7 Å². The number of hydrogen-bond acceptors (Lipinski definition) is 7. The normalized spacial score (nSPS) is 11.5. The highest BCUT2D eigenvalue weighted by atomic mass is 16.5. The number of carbonyl (C=O) groups excluding carboxylic acids is 4. The molecule has 1 saturated heterocycles. The van der Waals surface area contributed by atoms with Gasteiger partial charge in [0.25, 0.3) is 0 Å². The van der Waals surface area contributed by atoms with Crippen molar-refractivity contribution in [3.8, 4) is 0 Å². The number of unbranched alkanes of at least 4 members (excludes halogenated alkanes) is 25. The number of ether oxygens (including phenoxy) is 3. The molecular weight excluding hydrogens is 739 g/mol.